The summed E-state index contributed by atoms with van der Waals surface area (Å²) in [4.78, 5) is 0. The van der Waals surface area contributed by atoms with Gasteiger partial charge in [0.15, 0.2) is 0 Å². The van der Waals surface area contributed by atoms with E-state index in [-0.39, 0.29) is 17.6 Å². The van der Waals surface area contributed by atoms with E-state index in [0.717, 1.165) is 0 Å². The van der Waals surface area contributed by atoms with E-state index in [1.165, 1.54) is 67.7 Å². The molecule has 0 N–H and O–H groups in total. The number of unbranched alkanes of at least 4 members (excludes halogenated alkanes) is 7. The van der Waals surface area contributed by atoms with Gasteiger partial charge in [-0.25, -0.2) is 0 Å². The van der Waals surface area contributed by atoms with Crippen LogP contribution in [0.4, 0.5) is 0 Å². The molecule has 0 radical (unpaired) electrons. The average Bonchev–Trinajstić information content (AvgIpc) is 2.03. The number of rotatable bonds is 8. The fourth-order valence-electron chi connectivity index (χ4n) is 1.38. The van der Waals surface area contributed by atoms with E-state index in [1.807, 2.05) is 0 Å². The SMILES string of the molecule is CCCCCCCCCC[SiH3].[GeH4]. The van der Waals surface area contributed by atoms with Gasteiger partial charge < -0.3 is 0 Å². The Kier molecular flexibility index (Phi) is 18.2. The maximum absolute atomic E-state index is 2.28. The van der Waals surface area contributed by atoms with Gasteiger partial charge in [0.25, 0.3) is 0 Å². The zero-order valence-corrected chi connectivity index (χ0v) is 10.4. The third-order valence-corrected chi connectivity index (χ3v) is 2.91. The van der Waals surface area contributed by atoms with Gasteiger partial charge in [0.05, 0.1) is 0 Å². The first-order valence-corrected chi connectivity index (χ1v) is 6.83. The molecule has 0 aromatic rings. The van der Waals surface area contributed by atoms with Crippen LogP contribution in [0.25, 0.3) is 0 Å². The van der Waals surface area contributed by atoms with E-state index in [1.54, 1.807) is 0 Å². The molecule has 0 rings (SSSR count). The first-order chi connectivity index (χ1) is 5.41. The van der Waals surface area contributed by atoms with Crippen molar-refractivity contribution in [3.63, 3.8) is 0 Å². The predicted octanol–water partition coefficient (Wildman–Crippen LogP) is 1.46. The Hall–Kier alpha value is 0.760. The van der Waals surface area contributed by atoms with Gasteiger partial charge in [-0.3, -0.25) is 0 Å². The molecule has 0 aromatic carbocycles. The second kappa shape index (κ2) is 14.3. The Morgan fingerprint density at radius 1 is 0.750 bits per heavy atom. The van der Waals surface area contributed by atoms with Crippen molar-refractivity contribution in [1.29, 1.82) is 0 Å². The second-order valence-electron chi connectivity index (χ2n) is 3.47. The van der Waals surface area contributed by atoms with Crippen molar-refractivity contribution in [2.45, 2.75) is 64.3 Å². The second-order valence-corrected chi connectivity index (χ2v) is 4.47. The topological polar surface area (TPSA) is 0 Å². The number of hydrogen-bond donors (Lipinski definition) is 0. The van der Waals surface area contributed by atoms with Crippen molar-refractivity contribution in [3.05, 3.63) is 0 Å². The van der Waals surface area contributed by atoms with E-state index in [9.17, 15) is 0 Å². The molecule has 0 unspecified atom stereocenters. The molecular weight excluding hydrogens is 221 g/mol. The molecule has 0 heterocycles. The van der Waals surface area contributed by atoms with Gasteiger partial charge in [-0.2, -0.15) is 0 Å². The predicted molar refractivity (Wildman–Crippen MR) is 68.7 cm³/mol. The van der Waals surface area contributed by atoms with Crippen LogP contribution in [0.1, 0.15) is 58.3 Å². The molecule has 0 aliphatic rings. The summed E-state index contributed by atoms with van der Waals surface area (Å²) in [6, 6.07) is 1.51. The van der Waals surface area contributed by atoms with Crippen LogP contribution in [0.15, 0.2) is 0 Å². The molecule has 0 bridgehead atoms. The maximum atomic E-state index is 2.28. The molecule has 0 atom stereocenters. The summed E-state index contributed by atoms with van der Waals surface area (Å²) in [7, 11) is 1.41. The number of hydrogen-bond acceptors (Lipinski definition) is 0. The Balaban J connectivity index is 0. The quantitative estimate of drug-likeness (QED) is 0.451. The van der Waals surface area contributed by atoms with Crippen molar-refractivity contribution < 1.29 is 0 Å². The molecule has 0 aliphatic heterocycles. The van der Waals surface area contributed by atoms with Gasteiger partial charge in [0.2, 0.25) is 0 Å². The van der Waals surface area contributed by atoms with Crippen LogP contribution in [0.3, 0.4) is 0 Å². The summed E-state index contributed by atoms with van der Waals surface area (Å²) in [5, 5.41) is 0. The molecule has 0 spiro atoms. The fraction of sp³-hybridized carbons (Fsp3) is 1.00. The van der Waals surface area contributed by atoms with Crippen molar-refractivity contribution in [3.8, 4) is 0 Å². The van der Waals surface area contributed by atoms with E-state index in [4.69, 9.17) is 0 Å². The minimum absolute atomic E-state index is 0. The summed E-state index contributed by atoms with van der Waals surface area (Å²) in [6.45, 7) is 2.28. The summed E-state index contributed by atoms with van der Waals surface area (Å²) >= 11 is 0. The van der Waals surface area contributed by atoms with Gasteiger partial charge in [0.1, 0.15) is 0 Å². The molecule has 2 heteroatoms. The molecule has 0 nitrogen and oxygen atoms in total. The summed E-state index contributed by atoms with van der Waals surface area (Å²) in [5.74, 6) is 0. The van der Waals surface area contributed by atoms with Gasteiger partial charge in [-0.05, 0) is 0 Å². The molecule has 0 aliphatic carbocycles. The van der Waals surface area contributed by atoms with Gasteiger partial charge in [-0.15, -0.1) is 0 Å². The molecule has 0 saturated carbocycles. The third-order valence-electron chi connectivity index (χ3n) is 2.21. The van der Waals surface area contributed by atoms with Crippen molar-refractivity contribution in [2.75, 3.05) is 0 Å². The molecular formula is C10H28GeSi. The minimum atomic E-state index is 0. The van der Waals surface area contributed by atoms with Crippen molar-refractivity contribution in [1.82, 2.24) is 0 Å². The average molecular weight is 249 g/mol. The Morgan fingerprint density at radius 3 is 1.58 bits per heavy atom. The van der Waals surface area contributed by atoms with Crippen LogP contribution in [-0.2, 0) is 0 Å². The first kappa shape index (κ1) is 15.2. The van der Waals surface area contributed by atoms with E-state index >= 15 is 0 Å². The zero-order chi connectivity index (χ0) is 8.36. The van der Waals surface area contributed by atoms with E-state index < -0.39 is 0 Å². The summed E-state index contributed by atoms with van der Waals surface area (Å²) in [5.41, 5.74) is 0. The van der Waals surface area contributed by atoms with Crippen LogP contribution in [-0.4, -0.2) is 27.8 Å². The van der Waals surface area contributed by atoms with Gasteiger partial charge in [0, 0.05) is 10.2 Å². The van der Waals surface area contributed by atoms with Gasteiger partial charge in [-0.1, -0.05) is 64.3 Å². The van der Waals surface area contributed by atoms with Crippen molar-refractivity contribution >= 4 is 27.8 Å². The standard InChI is InChI=1S/C10H24Si.GeH4/c1-2-3-4-5-6-7-8-9-10-11;/h2-10H2,1,11H3;1H4. The van der Waals surface area contributed by atoms with Gasteiger partial charge >= 0.3 is 17.6 Å². The normalized spacial score (nSPS) is 9.75. The zero-order valence-electron chi connectivity index (χ0n) is 8.36. The third kappa shape index (κ3) is 13.4. The first-order valence-electron chi connectivity index (χ1n) is 5.41. The van der Waals surface area contributed by atoms with Crippen molar-refractivity contribution in [2.24, 2.45) is 0 Å². The van der Waals surface area contributed by atoms with Crippen LogP contribution in [0.2, 0.25) is 6.04 Å². The molecule has 0 aromatic heterocycles. The molecule has 12 heavy (non-hydrogen) atoms. The van der Waals surface area contributed by atoms with E-state index in [0.29, 0.717) is 0 Å². The molecule has 0 amide bonds. The Bertz CT molecular complexity index is 58.9. The Morgan fingerprint density at radius 2 is 1.17 bits per heavy atom. The molecule has 0 saturated heterocycles. The van der Waals surface area contributed by atoms with Crippen LogP contribution in [0, 0.1) is 0 Å². The fourth-order valence-corrected chi connectivity index (χ4v) is 1.88. The van der Waals surface area contributed by atoms with Crippen LogP contribution < -0.4 is 0 Å². The van der Waals surface area contributed by atoms with E-state index in [2.05, 4.69) is 6.92 Å². The molecule has 0 fully saturated rings. The van der Waals surface area contributed by atoms with Crippen LogP contribution >= 0.6 is 0 Å². The Labute approximate surface area is 92.3 Å². The molecule has 76 valence electrons. The summed E-state index contributed by atoms with van der Waals surface area (Å²) < 4.78 is 0. The monoisotopic (exact) mass is 250 g/mol. The van der Waals surface area contributed by atoms with Crippen LogP contribution in [0.5, 0.6) is 0 Å². The summed E-state index contributed by atoms with van der Waals surface area (Å²) in [6.07, 6.45) is 11.7.